The predicted octanol–water partition coefficient (Wildman–Crippen LogP) is 3.27. The predicted molar refractivity (Wildman–Crippen MR) is 75.2 cm³/mol. The van der Waals surface area contributed by atoms with E-state index in [1.165, 1.54) is 6.07 Å². The van der Waals surface area contributed by atoms with Gasteiger partial charge in [-0.25, -0.2) is 4.39 Å². The first-order valence-corrected chi connectivity index (χ1v) is 6.79. The van der Waals surface area contributed by atoms with E-state index in [-0.39, 0.29) is 18.1 Å². The maximum absolute atomic E-state index is 13.7. The molecule has 102 valence electrons. The summed E-state index contributed by atoms with van der Waals surface area (Å²) in [4.78, 5) is 14.0. The normalized spacial score (nSPS) is 16.4. The summed E-state index contributed by atoms with van der Waals surface area (Å²) in [6.45, 7) is 7.45. The van der Waals surface area contributed by atoms with Crippen LogP contribution in [0.4, 0.5) is 4.39 Å². The van der Waals surface area contributed by atoms with Crippen LogP contribution in [-0.4, -0.2) is 23.9 Å². The second-order valence-corrected chi connectivity index (χ2v) is 5.30. The topological polar surface area (TPSA) is 20.3 Å². The Bertz CT molecular complexity index is 476. The van der Waals surface area contributed by atoms with Crippen LogP contribution in [0.15, 0.2) is 24.8 Å². The molecule has 2 nitrogen and oxygen atoms in total. The van der Waals surface area contributed by atoms with E-state index in [2.05, 4.69) is 13.5 Å². The highest BCUT2D eigenvalue weighted by Gasteiger charge is 2.21. The maximum Gasteiger partial charge on any atom is 0.227 e. The van der Waals surface area contributed by atoms with Crippen LogP contribution in [0, 0.1) is 11.7 Å². The highest BCUT2D eigenvalue weighted by molar-refractivity contribution is 5.79. The summed E-state index contributed by atoms with van der Waals surface area (Å²) in [7, 11) is 0. The van der Waals surface area contributed by atoms with Gasteiger partial charge in [-0.3, -0.25) is 4.79 Å². The van der Waals surface area contributed by atoms with E-state index < -0.39 is 0 Å². The summed E-state index contributed by atoms with van der Waals surface area (Å²) in [5.74, 6) is 0.390. The Hall–Kier alpha value is -1.64. The molecule has 0 N–H and O–H groups in total. The minimum atomic E-state index is -0.315. The molecule has 1 aromatic rings. The lowest BCUT2D eigenvalue weighted by Gasteiger charge is -2.30. The summed E-state index contributed by atoms with van der Waals surface area (Å²) in [6.07, 6.45) is 3.89. The van der Waals surface area contributed by atoms with Gasteiger partial charge in [-0.05, 0) is 42.0 Å². The molecule has 3 heteroatoms. The molecule has 1 amide bonds. The van der Waals surface area contributed by atoms with Crippen molar-refractivity contribution in [3.8, 4) is 0 Å². The zero-order valence-corrected chi connectivity index (χ0v) is 11.4. The average molecular weight is 261 g/mol. The minimum absolute atomic E-state index is 0.0204. The molecule has 1 aliphatic rings. The maximum atomic E-state index is 13.7. The standard InChI is InChI=1S/C16H20FNO/c1-3-13-4-5-15(17)14(10-13)11-16(19)18-8-6-12(2)7-9-18/h3-5,10,12H,1,6-9,11H2,2H3. The van der Waals surface area contributed by atoms with Crippen molar-refractivity contribution in [3.63, 3.8) is 0 Å². The lowest BCUT2D eigenvalue weighted by molar-refractivity contribution is -0.131. The van der Waals surface area contributed by atoms with Crippen LogP contribution < -0.4 is 0 Å². The number of nitrogens with zero attached hydrogens (tertiary/aromatic N) is 1. The second-order valence-electron chi connectivity index (χ2n) is 5.30. The summed E-state index contributed by atoms with van der Waals surface area (Å²) in [5.41, 5.74) is 1.30. The molecule has 0 bridgehead atoms. The molecule has 19 heavy (non-hydrogen) atoms. The largest absolute Gasteiger partial charge is 0.342 e. The Kier molecular flexibility index (Phi) is 4.35. The van der Waals surface area contributed by atoms with Crippen molar-refractivity contribution in [3.05, 3.63) is 41.7 Å². The number of carbonyl (C=O) groups is 1. The third kappa shape index (κ3) is 3.43. The molecule has 1 aliphatic heterocycles. The number of hydrogen-bond acceptors (Lipinski definition) is 1. The highest BCUT2D eigenvalue weighted by Crippen LogP contribution is 2.18. The second kappa shape index (κ2) is 6.00. The molecule has 0 saturated carbocycles. The van der Waals surface area contributed by atoms with Gasteiger partial charge in [-0.1, -0.05) is 25.6 Å². The Morgan fingerprint density at radius 2 is 2.16 bits per heavy atom. The lowest BCUT2D eigenvalue weighted by atomic mass is 9.98. The van der Waals surface area contributed by atoms with E-state index >= 15 is 0 Å². The van der Waals surface area contributed by atoms with Crippen molar-refractivity contribution in [2.24, 2.45) is 5.92 Å². The number of hydrogen-bond donors (Lipinski definition) is 0. The van der Waals surface area contributed by atoms with Gasteiger partial charge in [-0.2, -0.15) is 0 Å². The van der Waals surface area contributed by atoms with Crippen molar-refractivity contribution >= 4 is 12.0 Å². The van der Waals surface area contributed by atoms with E-state index in [0.717, 1.165) is 31.5 Å². The van der Waals surface area contributed by atoms with Crippen molar-refractivity contribution in [1.82, 2.24) is 4.90 Å². The third-order valence-corrected chi connectivity index (χ3v) is 3.78. The third-order valence-electron chi connectivity index (χ3n) is 3.78. The van der Waals surface area contributed by atoms with Crippen LogP contribution in [0.3, 0.4) is 0 Å². The van der Waals surface area contributed by atoms with Gasteiger partial charge < -0.3 is 4.90 Å². The molecule has 1 aromatic carbocycles. The Morgan fingerprint density at radius 1 is 1.47 bits per heavy atom. The van der Waals surface area contributed by atoms with Gasteiger partial charge in [0.15, 0.2) is 0 Å². The average Bonchev–Trinajstić information content (AvgIpc) is 2.42. The van der Waals surface area contributed by atoms with Crippen molar-refractivity contribution in [1.29, 1.82) is 0 Å². The van der Waals surface area contributed by atoms with Crippen molar-refractivity contribution < 1.29 is 9.18 Å². The molecule has 1 saturated heterocycles. The number of benzene rings is 1. The van der Waals surface area contributed by atoms with Gasteiger partial charge in [0.25, 0.3) is 0 Å². The van der Waals surface area contributed by atoms with Crippen LogP contribution in [0.1, 0.15) is 30.9 Å². The summed E-state index contributed by atoms with van der Waals surface area (Å²) < 4.78 is 13.7. The molecule has 0 spiro atoms. The minimum Gasteiger partial charge on any atom is -0.342 e. The van der Waals surface area contributed by atoms with E-state index in [1.54, 1.807) is 18.2 Å². The van der Waals surface area contributed by atoms with E-state index in [0.29, 0.717) is 11.5 Å². The van der Waals surface area contributed by atoms with Gasteiger partial charge >= 0.3 is 0 Å². The Morgan fingerprint density at radius 3 is 2.79 bits per heavy atom. The Labute approximate surface area is 113 Å². The van der Waals surface area contributed by atoms with Gasteiger partial charge in [-0.15, -0.1) is 0 Å². The summed E-state index contributed by atoms with van der Waals surface area (Å²) in [5, 5.41) is 0. The fourth-order valence-electron chi connectivity index (χ4n) is 2.39. The molecule has 0 aliphatic carbocycles. The van der Waals surface area contributed by atoms with Crippen LogP contribution in [0.2, 0.25) is 0 Å². The van der Waals surface area contributed by atoms with Crippen LogP contribution >= 0.6 is 0 Å². The van der Waals surface area contributed by atoms with Crippen LogP contribution in [0.5, 0.6) is 0 Å². The van der Waals surface area contributed by atoms with E-state index in [4.69, 9.17) is 0 Å². The first-order valence-electron chi connectivity index (χ1n) is 6.79. The van der Waals surface area contributed by atoms with Crippen molar-refractivity contribution in [2.45, 2.75) is 26.2 Å². The number of piperidine rings is 1. The fraction of sp³-hybridized carbons (Fsp3) is 0.438. The lowest BCUT2D eigenvalue weighted by Crippen LogP contribution is -2.38. The van der Waals surface area contributed by atoms with Crippen molar-refractivity contribution in [2.75, 3.05) is 13.1 Å². The van der Waals surface area contributed by atoms with Crippen LogP contribution in [-0.2, 0) is 11.2 Å². The van der Waals surface area contributed by atoms with Gasteiger partial charge in [0.2, 0.25) is 5.91 Å². The zero-order valence-electron chi connectivity index (χ0n) is 11.4. The number of amides is 1. The van der Waals surface area contributed by atoms with Crippen LogP contribution in [0.25, 0.3) is 6.08 Å². The monoisotopic (exact) mass is 261 g/mol. The Balaban J connectivity index is 2.04. The molecule has 1 heterocycles. The summed E-state index contributed by atoms with van der Waals surface area (Å²) in [6, 6.07) is 4.77. The smallest absolute Gasteiger partial charge is 0.227 e. The quantitative estimate of drug-likeness (QED) is 0.817. The number of carbonyl (C=O) groups excluding carboxylic acids is 1. The first kappa shape index (κ1) is 13.8. The number of likely N-dealkylation sites (tertiary alicyclic amines) is 1. The van der Waals surface area contributed by atoms with E-state index in [9.17, 15) is 9.18 Å². The van der Waals surface area contributed by atoms with Gasteiger partial charge in [0.1, 0.15) is 5.82 Å². The number of halogens is 1. The molecular weight excluding hydrogens is 241 g/mol. The molecule has 1 fully saturated rings. The van der Waals surface area contributed by atoms with E-state index in [1.807, 2.05) is 4.90 Å². The molecular formula is C16H20FNO. The molecule has 0 radical (unpaired) electrons. The fourth-order valence-corrected chi connectivity index (χ4v) is 2.39. The molecule has 0 aromatic heterocycles. The SMILES string of the molecule is C=Cc1ccc(F)c(CC(=O)N2CCC(C)CC2)c1. The molecule has 0 atom stereocenters. The first-order chi connectivity index (χ1) is 9.10. The molecule has 2 rings (SSSR count). The van der Waals surface area contributed by atoms with Gasteiger partial charge in [0.05, 0.1) is 6.42 Å². The van der Waals surface area contributed by atoms with Gasteiger partial charge in [0, 0.05) is 13.1 Å². The zero-order chi connectivity index (χ0) is 13.8. The highest BCUT2D eigenvalue weighted by atomic mass is 19.1. The molecule has 0 unspecified atom stereocenters. The summed E-state index contributed by atoms with van der Waals surface area (Å²) >= 11 is 0. The number of rotatable bonds is 3.